The number of hydrogen-bond donors (Lipinski definition) is 3. The minimum Gasteiger partial charge on any atom is -0.444 e. The number of alkyl carbamates (subject to hydrolysis) is 1. The van der Waals surface area contributed by atoms with E-state index >= 15 is 8.78 Å². The number of amides is 5. The zero-order valence-corrected chi connectivity index (χ0v) is 30.5. The zero-order chi connectivity index (χ0) is 38.5. The Hall–Kier alpha value is -4.35. The minimum absolute atomic E-state index is 0.0361. The molecular weight excluding hydrogens is 723 g/mol. The lowest BCUT2D eigenvalue weighted by Crippen LogP contribution is -2.58. The number of hydrogen-bond acceptors (Lipinski definition) is 9. The van der Waals surface area contributed by atoms with Gasteiger partial charge in [0.15, 0.2) is 0 Å². The van der Waals surface area contributed by atoms with Crippen LogP contribution in [0.25, 0.3) is 0 Å². The molecule has 3 N–H and O–H groups in total. The summed E-state index contributed by atoms with van der Waals surface area (Å²) in [5, 5.41) is 4.27. The highest BCUT2D eigenvalue weighted by Crippen LogP contribution is 2.46. The lowest BCUT2D eigenvalue weighted by atomic mass is 10.0. The highest BCUT2D eigenvalue weighted by molar-refractivity contribution is 7.91. The van der Waals surface area contributed by atoms with E-state index in [1.54, 1.807) is 26.8 Å². The number of nitrogens with one attached hydrogen (secondary N) is 3. The summed E-state index contributed by atoms with van der Waals surface area (Å²) in [7, 11) is -4.03. The van der Waals surface area contributed by atoms with Gasteiger partial charge in [-0.05, 0) is 64.5 Å². The van der Waals surface area contributed by atoms with Crippen LogP contribution in [0.2, 0.25) is 0 Å². The van der Waals surface area contributed by atoms with Crippen LogP contribution < -0.4 is 15.4 Å². The molecule has 3 aliphatic heterocycles. The fourth-order valence-corrected chi connectivity index (χ4v) is 8.38. The van der Waals surface area contributed by atoms with Crippen LogP contribution in [0.4, 0.5) is 22.8 Å². The highest BCUT2D eigenvalue weighted by atomic mass is 32.2. The van der Waals surface area contributed by atoms with Crippen LogP contribution >= 0.6 is 0 Å². The number of allylic oxidation sites excluding steroid dienone is 1. The summed E-state index contributed by atoms with van der Waals surface area (Å²) in [5.74, 6) is -7.31. The van der Waals surface area contributed by atoms with Gasteiger partial charge in [0.2, 0.25) is 27.8 Å². The largest absolute Gasteiger partial charge is 0.444 e. The van der Waals surface area contributed by atoms with Crippen molar-refractivity contribution in [3.8, 4) is 0 Å². The molecule has 53 heavy (non-hydrogen) atoms. The molecule has 290 valence electrons. The van der Waals surface area contributed by atoms with Crippen LogP contribution in [-0.4, -0.2) is 95.2 Å². The smallest absolute Gasteiger partial charge is 0.410 e. The molecule has 5 atom stereocenters. The van der Waals surface area contributed by atoms with Crippen LogP contribution in [0.3, 0.4) is 0 Å². The van der Waals surface area contributed by atoms with Gasteiger partial charge >= 0.3 is 12.2 Å². The maximum Gasteiger partial charge on any atom is 0.410 e. The molecule has 2 aliphatic carbocycles. The molecule has 0 spiro atoms. The van der Waals surface area contributed by atoms with Crippen molar-refractivity contribution in [3.63, 3.8) is 0 Å². The SMILES string of the molecule is CC(C)(C)OC(=O)N[C@@H]1CCC(F)(F)CCC=C[C@@H]2C[C@@]2(C(=O)NS(=O)(=O)C2CC2)NC(=O)[C@@H]2C[C@@H](OC(=O)N3Cc4cccc(F)c4C3)CN2C1=O. The Morgan fingerprint density at radius 2 is 1.79 bits per heavy atom. The summed E-state index contributed by atoms with van der Waals surface area (Å²) in [4.78, 5) is 70.4. The summed E-state index contributed by atoms with van der Waals surface area (Å²) >= 11 is 0. The van der Waals surface area contributed by atoms with Crippen LogP contribution in [0.15, 0.2) is 30.4 Å². The molecule has 18 heteroatoms. The van der Waals surface area contributed by atoms with Gasteiger partial charge in [-0.3, -0.25) is 24.0 Å². The predicted molar refractivity (Wildman–Crippen MR) is 181 cm³/mol. The first-order valence-corrected chi connectivity index (χ1v) is 19.3. The Balaban J connectivity index is 1.28. The molecular formula is C35H44F3N5O9S. The minimum atomic E-state index is -4.03. The van der Waals surface area contributed by atoms with Gasteiger partial charge in [-0.1, -0.05) is 24.3 Å². The topological polar surface area (TPSA) is 181 Å². The number of alkyl halides is 2. The Bertz CT molecular complexity index is 1820. The lowest BCUT2D eigenvalue weighted by Gasteiger charge is -2.31. The standard InChI is InChI=1S/C35H44F3N5O9S/c1-33(2,3)52-31(47)39-26-12-14-34(37,38)13-5-4-8-21-16-35(21,30(46)41-53(49,50)23-10-11-23)40-28(44)27-15-22(18-43(27)29(26)45)51-32(48)42-17-20-7-6-9-25(36)24(20)19-42/h4,6-9,21-23,26-27H,5,10-19H2,1-3H3,(H,39,47)(H,40,44)(H,41,46)/t21-,22-,26-,27+,35-/m1/s1. The van der Waals surface area contributed by atoms with Gasteiger partial charge in [0.25, 0.3) is 5.91 Å². The average molecular weight is 768 g/mol. The quantitative estimate of drug-likeness (QED) is 0.379. The second-order valence-electron chi connectivity index (χ2n) is 15.5. The number of benzene rings is 1. The molecule has 1 aromatic carbocycles. The van der Waals surface area contributed by atoms with Crippen molar-refractivity contribution in [2.75, 3.05) is 6.54 Å². The van der Waals surface area contributed by atoms with E-state index in [1.807, 2.05) is 0 Å². The van der Waals surface area contributed by atoms with Crippen molar-refractivity contribution in [1.82, 2.24) is 25.2 Å². The van der Waals surface area contributed by atoms with E-state index in [0.29, 0.717) is 24.0 Å². The van der Waals surface area contributed by atoms with Crippen LogP contribution in [-0.2, 0) is 47.0 Å². The highest BCUT2D eigenvalue weighted by Gasteiger charge is 2.62. The summed E-state index contributed by atoms with van der Waals surface area (Å²) < 4.78 is 83.2. The Morgan fingerprint density at radius 1 is 1.06 bits per heavy atom. The van der Waals surface area contributed by atoms with Gasteiger partial charge in [0.05, 0.1) is 18.3 Å². The van der Waals surface area contributed by atoms with Crippen molar-refractivity contribution in [2.24, 2.45) is 5.92 Å². The third kappa shape index (κ3) is 8.73. The van der Waals surface area contributed by atoms with E-state index in [4.69, 9.17) is 9.47 Å². The first-order valence-electron chi connectivity index (χ1n) is 17.7. The number of carbonyl (C=O) groups excluding carboxylic acids is 5. The molecule has 0 aromatic heterocycles. The first kappa shape index (κ1) is 38.4. The maximum absolute atomic E-state index is 15.2. The number of ether oxygens (including phenoxy) is 2. The van der Waals surface area contributed by atoms with Crippen molar-refractivity contribution >= 4 is 39.9 Å². The van der Waals surface area contributed by atoms with E-state index < -0.39 is 111 Å². The van der Waals surface area contributed by atoms with Gasteiger partial charge in [-0.2, -0.15) is 0 Å². The second kappa shape index (κ2) is 14.1. The first-order chi connectivity index (χ1) is 24.8. The van der Waals surface area contributed by atoms with Crippen LogP contribution in [0.5, 0.6) is 0 Å². The molecule has 3 heterocycles. The Morgan fingerprint density at radius 3 is 2.47 bits per heavy atom. The summed E-state index contributed by atoms with van der Waals surface area (Å²) in [5.41, 5.74) is -1.85. The molecule has 0 radical (unpaired) electrons. The lowest BCUT2D eigenvalue weighted by molar-refractivity contribution is -0.141. The van der Waals surface area contributed by atoms with Crippen LogP contribution in [0, 0.1) is 11.7 Å². The van der Waals surface area contributed by atoms with Crippen molar-refractivity contribution in [3.05, 3.63) is 47.3 Å². The van der Waals surface area contributed by atoms with Gasteiger partial charge in [-0.15, -0.1) is 0 Å². The molecule has 1 aromatic rings. The number of nitrogens with zero attached hydrogens (tertiary/aromatic N) is 2. The van der Waals surface area contributed by atoms with Gasteiger partial charge in [0, 0.05) is 37.3 Å². The predicted octanol–water partition coefficient (Wildman–Crippen LogP) is 3.39. The summed E-state index contributed by atoms with van der Waals surface area (Å²) in [6.45, 7) is 4.31. The van der Waals surface area contributed by atoms with Gasteiger partial charge < -0.3 is 25.0 Å². The Labute approximate surface area is 305 Å². The fraction of sp³-hybridized carbons (Fsp3) is 0.629. The third-order valence-corrected chi connectivity index (χ3v) is 11.9. The molecule has 3 fully saturated rings. The van der Waals surface area contributed by atoms with Crippen molar-refractivity contribution in [2.45, 2.75) is 126 Å². The molecule has 5 aliphatic rings. The van der Waals surface area contributed by atoms with Gasteiger partial charge in [-0.25, -0.2) is 31.2 Å². The maximum atomic E-state index is 15.2. The normalized spacial score (nSPS) is 28.7. The number of sulfonamides is 1. The van der Waals surface area contributed by atoms with E-state index in [9.17, 15) is 36.8 Å². The number of fused-ring (bicyclic) bond motifs is 3. The van der Waals surface area contributed by atoms with E-state index in [0.717, 1.165) is 4.90 Å². The number of rotatable bonds is 5. The molecule has 6 rings (SSSR count). The zero-order valence-electron chi connectivity index (χ0n) is 29.7. The summed E-state index contributed by atoms with van der Waals surface area (Å²) in [6, 6.07) is 1.43. The third-order valence-electron chi connectivity index (χ3n) is 10.1. The molecule has 14 nitrogen and oxygen atoms in total. The van der Waals surface area contributed by atoms with Gasteiger partial charge in [0.1, 0.15) is 35.1 Å². The van der Waals surface area contributed by atoms with Crippen molar-refractivity contribution < 1.29 is 55.0 Å². The second-order valence-corrected chi connectivity index (χ2v) is 17.4. The fourth-order valence-electron chi connectivity index (χ4n) is 7.01. The number of carbonyl (C=O) groups is 5. The van der Waals surface area contributed by atoms with E-state index in [1.165, 1.54) is 29.2 Å². The summed E-state index contributed by atoms with van der Waals surface area (Å²) in [6.07, 6.45) is -1.76. The Kier molecular flexibility index (Phi) is 10.2. The monoisotopic (exact) mass is 767 g/mol. The average Bonchev–Trinajstić information content (AvgIpc) is 3.94. The molecule has 2 saturated carbocycles. The molecule has 1 saturated heterocycles. The molecule has 0 unspecified atom stereocenters. The van der Waals surface area contributed by atoms with E-state index in [2.05, 4.69) is 15.4 Å². The van der Waals surface area contributed by atoms with Crippen LogP contribution in [0.1, 0.15) is 83.3 Å². The van der Waals surface area contributed by atoms with E-state index in [-0.39, 0.29) is 38.9 Å². The number of halogens is 3. The molecule has 5 amide bonds. The molecule has 0 bridgehead atoms. The van der Waals surface area contributed by atoms with Crippen molar-refractivity contribution in [1.29, 1.82) is 0 Å².